The second-order valence-electron chi connectivity index (χ2n) is 8.39. The standard InChI is InChI=1S/C28H31N3O3/c1-4-17-31-26(29-24-16-9-8-14-23(24)28(31)33)25(5-2)30(18-19-34-3)27(32)22-15-10-12-20-11-6-7-13-21(20)22/h6-16,25H,4-5,17-19H2,1-3H3. The molecule has 1 amide bonds. The number of amides is 1. The SMILES string of the molecule is CCCn1c(C(CC)N(CCOC)C(=O)c2cccc3ccccc23)nc2ccccc2c1=O. The molecule has 0 radical (unpaired) electrons. The highest BCUT2D eigenvalue weighted by atomic mass is 16.5. The van der Waals surface area contributed by atoms with E-state index in [0.29, 0.717) is 48.4 Å². The van der Waals surface area contributed by atoms with Crippen LogP contribution < -0.4 is 5.56 Å². The maximum atomic E-state index is 14.0. The zero-order valence-electron chi connectivity index (χ0n) is 20.0. The number of ether oxygens (including phenoxy) is 1. The van der Waals surface area contributed by atoms with Gasteiger partial charge in [0.05, 0.1) is 23.6 Å². The van der Waals surface area contributed by atoms with Gasteiger partial charge < -0.3 is 9.64 Å². The molecule has 1 aromatic heterocycles. The van der Waals surface area contributed by atoms with Gasteiger partial charge in [0, 0.05) is 25.8 Å². The fraction of sp³-hybridized carbons (Fsp3) is 0.321. The zero-order chi connectivity index (χ0) is 24.1. The Morgan fingerprint density at radius 2 is 1.71 bits per heavy atom. The summed E-state index contributed by atoms with van der Waals surface area (Å²) in [6.07, 6.45) is 1.41. The molecule has 34 heavy (non-hydrogen) atoms. The molecule has 6 nitrogen and oxygen atoms in total. The largest absolute Gasteiger partial charge is 0.383 e. The van der Waals surface area contributed by atoms with E-state index in [2.05, 4.69) is 0 Å². The van der Waals surface area contributed by atoms with Crippen LogP contribution in [-0.2, 0) is 11.3 Å². The minimum atomic E-state index is -0.370. The fourth-order valence-electron chi connectivity index (χ4n) is 4.58. The van der Waals surface area contributed by atoms with E-state index in [4.69, 9.17) is 9.72 Å². The van der Waals surface area contributed by atoms with Crippen molar-refractivity contribution in [1.29, 1.82) is 0 Å². The molecule has 4 aromatic rings. The summed E-state index contributed by atoms with van der Waals surface area (Å²) in [5.74, 6) is 0.531. The molecular weight excluding hydrogens is 426 g/mol. The molecule has 1 atom stereocenters. The van der Waals surface area contributed by atoms with E-state index in [1.165, 1.54) is 0 Å². The summed E-state index contributed by atoms with van der Waals surface area (Å²) in [4.78, 5) is 34.2. The van der Waals surface area contributed by atoms with E-state index >= 15 is 0 Å². The summed E-state index contributed by atoms with van der Waals surface area (Å²) < 4.78 is 7.11. The van der Waals surface area contributed by atoms with Crippen molar-refractivity contribution in [2.45, 2.75) is 39.3 Å². The third-order valence-electron chi connectivity index (χ3n) is 6.22. The van der Waals surface area contributed by atoms with Gasteiger partial charge in [-0.1, -0.05) is 62.4 Å². The number of aromatic nitrogens is 2. The average molecular weight is 458 g/mol. The lowest BCUT2D eigenvalue weighted by molar-refractivity contribution is 0.0578. The van der Waals surface area contributed by atoms with Crippen LogP contribution >= 0.6 is 0 Å². The molecule has 1 unspecified atom stereocenters. The lowest BCUT2D eigenvalue weighted by Crippen LogP contribution is -2.40. The third kappa shape index (κ3) is 4.46. The lowest BCUT2D eigenvalue weighted by Gasteiger charge is -2.32. The Kier molecular flexibility index (Phi) is 7.38. The summed E-state index contributed by atoms with van der Waals surface area (Å²) >= 11 is 0. The number of methoxy groups -OCH3 is 1. The molecule has 176 valence electrons. The number of hydrogen-bond donors (Lipinski definition) is 0. The second-order valence-corrected chi connectivity index (χ2v) is 8.39. The van der Waals surface area contributed by atoms with Gasteiger partial charge in [-0.25, -0.2) is 4.98 Å². The Hall–Kier alpha value is -3.51. The van der Waals surface area contributed by atoms with Crippen LogP contribution in [-0.4, -0.2) is 40.6 Å². The van der Waals surface area contributed by atoms with Crippen molar-refractivity contribution in [3.63, 3.8) is 0 Å². The van der Waals surface area contributed by atoms with Gasteiger partial charge >= 0.3 is 0 Å². The van der Waals surface area contributed by atoms with Crippen LogP contribution in [0.25, 0.3) is 21.7 Å². The topological polar surface area (TPSA) is 64.4 Å². The highest BCUT2D eigenvalue weighted by Crippen LogP contribution is 2.28. The van der Waals surface area contributed by atoms with Gasteiger partial charge in [0.25, 0.3) is 11.5 Å². The molecule has 0 N–H and O–H groups in total. The molecule has 3 aromatic carbocycles. The van der Waals surface area contributed by atoms with Crippen LogP contribution in [0.5, 0.6) is 0 Å². The first-order valence-corrected chi connectivity index (χ1v) is 11.9. The fourth-order valence-corrected chi connectivity index (χ4v) is 4.58. The Labute approximate surface area is 199 Å². The van der Waals surface area contributed by atoms with Gasteiger partial charge in [-0.15, -0.1) is 0 Å². The lowest BCUT2D eigenvalue weighted by atomic mass is 10.0. The van der Waals surface area contributed by atoms with Crippen molar-refractivity contribution in [1.82, 2.24) is 14.5 Å². The first-order valence-electron chi connectivity index (χ1n) is 11.9. The number of carbonyl (C=O) groups is 1. The van der Waals surface area contributed by atoms with E-state index in [1.54, 1.807) is 11.7 Å². The number of para-hydroxylation sites is 1. The molecule has 0 saturated heterocycles. The molecule has 0 bridgehead atoms. The molecule has 0 aliphatic rings. The van der Waals surface area contributed by atoms with E-state index < -0.39 is 0 Å². The zero-order valence-corrected chi connectivity index (χ0v) is 20.0. The predicted molar refractivity (Wildman–Crippen MR) is 136 cm³/mol. The third-order valence-corrected chi connectivity index (χ3v) is 6.22. The van der Waals surface area contributed by atoms with E-state index in [-0.39, 0.29) is 17.5 Å². The second kappa shape index (κ2) is 10.6. The van der Waals surface area contributed by atoms with Gasteiger partial charge in [-0.2, -0.15) is 0 Å². The van der Waals surface area contributed by atoms with E-state index in [9.17, 15) is 9.59 Å². The minimum Gasteiger partial charge on any atom is -0.383 e. The predicted octanol–water partition coefficient (Wildman–Crippen LogP) is 5.20. The Bertz CT molecular complexity index is 1360. The molecule has 6 heteroatoms. The molecule has 4 rings (SSSR count). The van der Waals surface area contributed by atoms with Gasteiger partial charge in [0.1, 0.15) is 5.82 Å². The maximum absolute atomic E-state index is 14.0. The van der Waals surface area contributed by atoms with Crippen LogP contribution in [0.15, 0.2) is 71.5 Å². The molecule has 0 saturated carbocycles. The number of rotatable bonds is 9. The van der Waals surface area contributed by atoms with Crippen molar-refractivity contribution in [3.05, 3.63) is 88.5 Å². The molecule has 0 aliphatic carbocycles. The first-order chi connectivity index (χ1) is 16.6. The number of nitrogens with zero attached hydrogens (tertiary/aromatic N) is 3. The Morgan fingerprint density at radius 1 is 1.00 bits per heavy atom. The van der Waals surface area contributed by atoms with Crippen molar-refractivity contribution < 1.29 is 9.53 Å². The van der Waals surface area contributed by atoms with E-state index in [1.807, 2.05) is 85.5 Å². The summed E-state index contributed by atoms with van der Waals surface area (Å²) in [6, 6.07) is 20.7. The van der Waals surface area contributed by atoms with Crippen LogP contribution in [0.3, 0.4) is 0 Å². The highest BCUT2D eigenvalue weighted by Gasteiger charge is 2.29. The average Bonchev–Trinajstić information content (AvgIpc) is 2.87. The summed E-state index contributed by atoms with van der Waals surface area (Å²) in [6.45, 7) is 5.39. The van der Waals surface area contributed by atoms with Gasteiger partial charge in [-0.3, -0.25) is 14.2 Å². The van der Waals surface area contributed by atoms with Gasteiger partial charge in [0.2, 0.25) is 0 Å². The molecule has 0 spiro atoms. The maximum Gasteiger partial charge on any atom is 0.261 e. The molecular formula is C28H31N3O3. The van der Waals surface area contributed by atoms with Crippen molar-refractivity contribution in [2.24, 2.45) is 0 Å². The molecule has 0 fully saturated rings. The summed E-state index contributed by atoms with van der Waals surface area (Å²) in [5.41, 5.74) is 1.22. The van der Waals surface area contributed by atoms with Crippen molar-refractivity contribution >= 4 is 27.6 Å². The summed E-state index contributed by atoms with van der Waals surface area (Å²) in [5, 5.41) is 2.52. The molecule has 1 heterocycles. The van der Waals surface area contributed by atoms with Crippen LogP contribution in [0.1, 0.15) is 48.9 Å². The highest BCUT2D eigenvalue weighted by molar-refractivity contribution is 6.07. The number of hydrogen-bond acceptors (Lipinski definition) is 4. The van der Waals surface area contributed by atoms with Crippen LogP contribution in [0, 0.1) is 0 Å². The normalized spacial score (nSPS) is 12.2. The Morgan fingerprint density at radius 3 is 2.44 bits per heavy atom. The van der Waals surface area contributed by atoms with Crippen LogP contribution in [0.4, 0.5) is 0 Å². The number of fused-ring (bicyclic) bond motifs is 2. The first kappa shape index (κ1) is 23.6. The Balaban J connectivity index is 1.88. The number of carbonyl (C=O) groups excluding carboxylic acids is 1. The summed E-state index contributed by atoms with van der Waals surface area (Å²) in [7, 11) is 1.63. The monoisotopic (exact) mass is 457 g/mol. The molecule has 0 aliphatic heterocycles. The van der Waals surface area contributed by atoms with Crippen molar-refractivity contribution in [3.8, 4) is 0 Å². The van der Waals surface area contributed by atoms with Gasteiger partial charge in [-0.05, 0) is 41.8 Å². The van der Waals surface area contributed by atoms with Crippen molar-refractivity contribution in [2.75, 3.05) is 20.3 Å². The van der Waals surface area contributed by atoms with Crippen LogP contribution in [0.2, 0.25) is 0 Å². The van der Waals surface area contributed by atoms with Gasteiger partial charge in [0.15, 0.2) is 0 Å². The smallest absolute Gasteiger partial charge is 0.261 e. The quantitative estimate of drug-likeness (QED) is 0.347. The number of benzene rings is 3. The van der Waals surface area contributed by atoms with E-state index in [0.717, 1.165) is 17.2 Å². The minimum absolute atomic E-state index is 0.0646.